The number of nitrogens with one attached hydrogen (secondary N) is 1. The van der Waals surface area contributed by atoms with Gasteiger partial charge in [0.15, 0.2) is 5.13 Å². The highest BCUT2D eigenvalue weighted by Gasteiger charge is 2.06. The van der Waals surface area contributed by atoms with Gasteiger partial charge in [0.2, 0.25) is 0 Å². The lowest BCUT2D eigenvalue weighted by Gasteiger charge is -1.98. The number of thiazole rings is 1. The molecular weight excluding hydrogens is 256 g/mol. The molecule has 0 saturated carbocycles. The Balaban J connectivity index is 2.10. The Morgan fingerprint density at radius 1 is 1.24 bits per heavy atom. The minimum atomic E-state index is -3.49. The number of rotatable bonds is 4. The Kier molecular flexibility index (Phi) is 3.55. The van der Waals surface area contributed by atoms with Gasteiger partial charge in [0.25, 0.3) is 10.0 Å². The van der Waals surface area contributed by atoms with Crippen molar-refractivity contribution in [1.82, 2.24) is 4.98 Å². The SMILES string of the molecule is O=S(=O)(/C=C/c1ccccc1)Nc1nccs1. The zero-order valence-corrected chi connectivity index (χ0v) is 10.4. The normalized spacial score (nSPS) is 11.8. The largest absolute Gasteiger partial charge is 0.256 e. The van der Waals surface area contributed by atoms with E-state index in [1.165, 1.54) is 17.4 Å². The number of nitrogens with zero attached hydrogens (tertiary/aromatic N) is 1. The molecular formula is C11H10N2O2S2. The van der Waals surface area contributed by atoms with Gasteiger partial charge in [0.05, 0.1) is 5.41 Å². The number of aromatic nitrogens is 1. The van der Waals surface area contributed by atoms with Crippen LogP contribution in [0.25, 0.3) is 6.08 Å². The van der Waals surface area contributed by atoms with Gasteiger partial charge in [0, 0.05) is 11.6 Å². The van der Waals surface area contributed by atoms with E-state index in [1.807, 2.05) is 30.3 Å². The van der Waals surface area contributed by atoms with Crippen molar-refractivity contribution in [3.05, 3.63) is 52.9 Å². The van der Waals surface area contributed by atoms with E-state index in [-0.39, 0.29) is 0 Å². The molecule has 0 aliphatic heterocycles. The second-order valence-corrected chi connectivity index (χ2v) is 5.66. The fraction of sp³-hybridized carbons (Fsp3) is 0. The van der Waals surface area contributed by atoms with E-state index in [2.05, 4.69) is 9.71 Å². The Bertz CT molecular complexity index is 590. The monoisotopic (exact) mass is 266 g/mol. The molecule has 0 aliphatic rings. The Morgan fingerprint density at radius 3 is 2.65 bits per heavy atom. The fourth-order valence-corrected chi connectivity index (χ4v) is 2.78. The molecule has 4 nitrogen and oxygen atoms in total. The summed E-state index contributed by atoms with van der Waals surface area (Å²) >= 11 is 1.24. The average molecular weight is 266 g/mol. The van der Waals surface area contributed by atoms with Crippen LogP contribution < -0.4 is 4.72 Å². The van der Waals surface area contributed by atoms with Crippen LogP contribution in [0.1, 0.15) is 5.56 Å². The zero-order valence-electron chi connectivity index (χ0n) is 8.78. The van der Waals surface area contributed by atoms with E-state index in [9.17, 15) is 8.42 Å². The van der Waals surface area contributed by atoms with E-state index >= 15 is 0 Å². The van der Waals surface area contributed by atoms with E-state index < -0.39 is 10.0 Å². The van der Waals surface area contributed by atoms with Crippen molar-refractivity contribution in [1.29, 1.82) is 0 Å². The molecule has 0 spiro atoms. The van der Waals surface area contributed by atoms with Gasteiger partial charge in [0.1, 0.15) is 0 Å². The van der Waals surface area contributed by atoms with Gasteiger partial charge in [-0.3, -0.25) is 4.72 Å². The van der Waals surface area contributed by atoms with Crippen molar-refractivity contribution in [2.24, 2.45) is 0 Å². The van der Waals surface area contributed by atoms with Crippen molar-refractivity contribution in [2.75, 3.05) is 4.72 Å². The number of anilines is 1. The zero-order chi connectivity index (χ0) is 12.1. The van der Waals surface area contributed by atoms with Gasteiger partial charge in [-0.25, -0.2) is 13.4 Å². The van der Waals surface area contributed by atoms with Crippen LogP contribution in [0.2, 0.25) is 0 Å². The molecule has 17 heavy (non-hydrogen) atoms. The summed E-state index contributed by atoms with van der Waals surface area (Å²) in [7, 11) is -3.49. The van der Waals surface area contributed by atoms with Crippen molar-refractivity contribution in [2.45, 2.75) is 0 Å². The molecule has 0 amide bonds. The summed E-state index contributed by atoms with van der Waals surface area (Å²) in [6.45, 7) is 0. The van der Waals surface area contributed by atoms with Crippen LogP contribution in [-0.2, 0) is 10.0 Å². The predicted octanol–water partition coefficient (Wildman–Crippen LogP) is 2.56. The summed E-state index contributed by atoms with van der Waals surface area (Å²) < 4.78 is 25.6. The first-order valence-electron chi connectivity index (χ1n) is 4.81. The standard InChI is InChI=1S/C11H10N2O2S2/c14-17(15,13-11-12-7-8-16-11)9-6-10-4-2-1-3-5-10/h1-9H,(H,12,13)/b9-6+. The second-order valence-electron chi connectivity index (χ2n) is 3.20. The van der Waals surface area contributed by atoms with Crippen molar-refractivity contribution in [3.8, 4) is 0 Å². The first kappa shape index (κ1) is 11.8. The first-order valence-corrected chi connectivity index (χ1v) is 7.24. The molecule has 2 rings (SSSR count). The maximum Gasteiger partial charge on any atom is 0.256 e. The highest BCUT2D eigenvalue weighted by atomic mass is 32.2. The van der Waals surface area contributed by atoms with Crippen LogP contribution in [0, 0.1) is 0 Å². The molecule has 88 valence electrons. The molecule has 0 aliphatic carbocycles. The minimum absolute atomic E-state index is 0.364. The molecule has 1 heterocycles. The van der Waals surface area contributed by atoms with Gasteiger partial charge < -0.3 is 0 Å². The first-order chi connectivity index (χ1) is 8.16. The van der Waals surface area contributed by atoms with Gasteiger partial charge in [-0.15, -0.1) is 11.3 Å². The molecule has 2 aromatic rings. The third-order valence-corrected chi connectivity index (χ3v) is 3.69. The number of sulfonamides is 1. The van der Waals surface area contributed by atoms with E-state index in [4.69, 9.17) is 0 Å². The third-order valence-electron chi connectivity index (χ3n) is 1.90. The Hall–Kier alpha value is -1.66. The molecule has 1 aromatic carbocycles. The maximum atomic E-state index is 11.6. The number of benzene rings is 1. The summed E-state index contributed by atoms with van der Waals surface area (Å²) in [6, 6.07) is 9.23. The minimum Gasteiger partial charge on any atom is -0.255 e. The molecule has 0 bridgehead atoms. The van der Waals surface area contributed by atoms with Crippen LogP contribution in [-0.4, -0.2) is 13.4 Å². The van der Waals surface area contributed by atoms with Gasteiger partial charge in [-0.2, -0.15) is 0 Å². The van der Waals surface area contributed by atoms with E-state index in [1.54, 1.807) is 11.6 Å². The Morgan fingerprint density at radius 2 is 2.00 bits per heavy atom. The molecule has 1 N–H and O–H groups in total. The molecule has 0 saturated heterocycles. The third kappa shape index (κ3) is 3.69. The second kappa shape index (κ2) is 5.11. The lowest BCUT2D eigenvalue weighted by molar-refractivity contribution is 0.609. The van der Waals surface area contributed by atoms with E-state index in [0.29, 0.717) is 5.13 Å². The number of hydrogen-bond acceptors (Lipinski definition) is 4. The lowest BCUT2D eigenvalue weighted by Crippen LogP contribution is -2.08. The van der Waals surface area contributed by atoms with Gasteiger partial charge in [-0.05, 0) is 11.6 Å². The van der Waals surface area contributed by atoms with Crippen LogP contribution in [0.15, 0.2) is 47.3 Å². The topological polar surface area (TPSA) is 59.1 Å². The molecule has 0 radical (unpaired) electrons. The summed E-state index contributed by atoms with van der Waals surface area (Å²) in [6.07, 6.45) is 3.08. The van der Waals surface area contributed by atoms with E-state index in [0.717, 1.165) is 11.0 Å². The van der Waals surface area contributed by atoms with Crippen LogP contribution in [0.5, 0.6) is 0 Å². The fourth-order valence-electron chi connectivity index (χ4n) is 1.16. The molecule has 0 atom stereocenters. The highest BCUT2D eigenvalue weighted by molar-refractivity contribution is 7.95. The summed E-state index contributed by atoms with van der Waals surface area (Å²) in [5, 5.41) is 3.20. The summed E-state index contributed by atoms with van der Waals surface area (Å²) in [5.74, 6) is 0. The predicted molar refractivity (Wildman–Crippen MR) is 70.1 cm³/mol. The van der Waals surface area contributed by atoms with Gasteiger partial charge >= 0.3 is 0 Å². The van der Waals surface area contributed by atoms with Crippen molar-refractivity contribution < 1.29 is 8.42 Å². The van der Waals surface area contributed by atoms with Crippen molar-refractivity contribution >= 4 is 32.6 Å². The van der Waals surface area contributed by atoms with Gasteiger partial charge in [-0.1, -0.05) is 30.3 Å². The molecule has 0 unspecified atom stereocenters. The lowest BCUT2D eigenvalue weighted by atomic mass is 10.2. The molecule has 0 fully saturated rings. The van der Waals surface area contributed by atoms with Crippen LogP contribution in [0.3, 0.4) is 0 Å². The summed E-state index contributed by atoms with van der Waals surface area (Å²) in [4.78, 5) is 3.85. The smallest absolute Gasteiger partial charge is 0.255 e. The molecule has 6 heteroatoms. The summed E-state index contributed by atoms with van der Waals surface area (Å²) in [5.41, 5.74) is 0.831. The van der Waals surface area contributed by atoms with Crippen LogP contribution >= 0.6 is 11.3 Å². The Labute approximate surface area is 104 Å². The quantitative estimate of drug-likeness (QED) is 0.925. The molecule has 1 aromatic heterocycles. The average Bonchev–Trinajstić information content (AvgIpc) is 2.80. The maximum absolute atomic E-state index is 11.6. The highest BCUT2D eigenvalue weighted by Crippen LogP contribution is 2.13. The number of hydrogen-bond donors (Lipinski definition) is 1. The van der Waals surface area contributed by atoms with Crippen LogP contribution in [0.4, 0.5) is 5.13 Å². The van der Waals surface area contributed by atoms with Crippen molar-refractivity contribution in [3.63, 3.8) is 0 Å².